The van der Waals surface area contributed by atoms with Crippen LogP contribution in [-0.2, 0) is 0 Å². The lowest BCUT2D eigenvalue weighted by atomic mass is 9.93. The van der Waals surface area contributed by atoms with Crippen molar-refractivity contribution in [3.8, 4) is 0 Å². The van der Waals surface area contributed by atoms with Crippen LogP contribution in [0.15, 0.2) is 0 Å². The van der Waals surface area contributed by atoms with Crippen LogP contribution in [0.4, 0.5) is 0 Å². The second-order valence-corrected chi connectivity index (χ2v) is 4.86. The van der Waals surface area contributed by atoms with Crippen molar-refractivity contribution in [2.75, 3.05) is 6.54 Å². The Morgan fingerprint density at radius 1 is 1.00 bits per heavy atom. The minimum atomic E-state index is 0.771. The van der Waals surface area contributed by atoms with E-state index in [1.165, 1.54) is 57.9 Å². The van der Waals surface area contributed by atoms with E-state index in [1.807, 2.05) is 0 Å². The van der Waals surface area contributed by atoms with Gasteiger partial charge < -0.3 is 5.32 Å². The SMILES string of the molecule is CCC1NCCCCCCCCC1C. The lowest BCUT2D eigenvalue weighted by Crippen LogP contribution is -2.35. The van der Waals surface area contributed by atoms with E-state index in [4.69, 9.17) is 0 Å². The topological polar surface area (TPSA) is 12.0 Å². The monoisotopic (exact) mass is 197 g/mol. The second kappa shape index (κ2) is 7.28. The van der Waals surface area contributed by atoms with Gasteiger partial charge in [0.2, 0.25) is 0 Å². The molecule has 1 N–H and O–H groups in total. The van der Waals surface area contributed by atoms with Crippen molar-refractivity contribution in [3.05, 3.63) is 0 Å². The van der Waals surface area contributed by atoms with Crippen molar-refractivity contribution >= 4 is 0 Å². The molecule has 1 rings (SSSR count). The summed E-state index contributed by atoms with van der Waals surface area (Å²) in [6, 6.07) is 0.771. The summed E-state index contributed by atoms with van der Waals surface area (Å²) < 4.78 is 0. The van der Waals surface area contributed by atoms with Gasteiger partial charge >= 0.3 is 0 Å². The summed E-state index contributed by atoms with van der Waals surface area (Å²) in [6.45, 7) is 5.97. The third-order valence-corrected chi connectivity index (χ3v) is 3.62. The fraction of sp³-hybridized carbons (Fsp3) is 1.00. The van der Waals surface area contributed by atoms with Crippen LogP contribution in [0, 0.1) is 5.92 Å². The summed E-state index contributed by atoms with van der Waals surface area (Å²) in [6.07, 6.45) is 11.3. The number of nitrogens with one attached hydrogen (secondary N) is 1. The van der Waals surface area contributed by atoms with Gasteiger partial charge in [-0.3, -0.25) is 0 Å². The van der Waals surface area contributed by atoms with Gasteiger partial charge in [-0.05, 0) is 31.7 Å². The molecule has 0 bridgehead atoms. The Kier molecular flexibility index (Phi) is 6.25. The van der Waals surface area contributed by atoms with Crippen molar-refractivity contribution < 1.29 is 0 Å². The molecule has 0 radical (unpaired) electrons. The highest BCUT2D eigenvalue weighted by atomic mass is 14.9. The highest BCUT2D eigenvalue weighted by molar-refractivity contribution is 4.72. The maximum atomic E-state index is 3.72. The van der Waals surface area contributed by atoms with Crippen LogP contribution in [0.25, 0.3) is 0 Å². The molecule has 1 fully saturated rings. The van der Waals surface area contributed by atoms with Gasteiger partial charge in [-0.2, -0.15) is 0 Å². The van der Waals surface area contributed by atoms with E-state index in [2.05, 4.69) is 19.2 Å². The van der Waals surface area contributed by atoms with Gasteiger partial charge in [0, 0.05) is 6.04 Å². The highest BCUT2D eigenvalue weighted by Crippen LogP contribution is 2.18. The average Bonchev–Trinajstić information content (AvgIpc) is 2.24. The largest absolute Gasteiger partial charge is 0.314 e. The molecule has 0 saturated carbocycles. The molecule has 84 valence electrons. The molecule has 1 heterocycles. The molecule has 0 aromatic heterocycles. The van der Waals surface area contributed by atoms with Gasteiger partial charge in [0.05, 0.1) is 0 Å². The number of hydrogen-bond donors (Lipinski definition) is 1. The molecule has 2 unspecified atom stereocenters. The molecular formula is C13H27N. The highest BCUT2D eigenvalue weighted by Gasteiger charge is 2.14. The summed E-state index contributed by atoms with van der Waals surface area (Å²) in [4.78, 5) is 0. The molecule has 2 atom stereocenters. The zero-order valence-electron chi connectivity index (χ0n) is 10.0. The molecule has 0 spiro atoms. The molecule has 0 aromatic carbocycles. The van der Waals surface area contributed by atoms with E-state index in [-0.39, 0.29) is 0 Å². The summed E-state index contributed by atoms with van der Waals surface area (Å²) in [5.41, 5.74) is 0. The maximum absolute atomic E-state index is 3.72. The lowest BCUT2D eigenvalue weighted by Gasteiger charge is -2.23. The van der Waals surface area contributed by atoms with Gasteiger partial charge in [-0.1, -0.05) is 46.0 Å². The van der Waals surface area contributed by atoms with Gasteiger partial charge in [0.1, 0.15) is 0 Å². The van der Waals surface area contributed by atoms with Crippen LogP contribution in [0.5, 0.6) is 0 Å². The summed E-state index contributed by atoms with van der Waals surface area (Å²) in [7, 11) is 0. The Hall–Kier alpha value is -0.0400. The quantitative estimate of drug-likeness (QED) is 0.675. The predicted molar refractivity (Wildman–Crippen MR) is 63.6 cm³/mol. The van der Waals surface area contributed by atoms with E-state index in [1.54, 1.807) is 0 Å². The lowest BCUT2D eigenvalue weighted by molar-refractivity contribution is 0.341. The first-order chi connectivity index (χ1) is 6.84. The molecule has 1 aliphatic rings. The predicted octanol–water partition coefficient (Wildman–Crippen LogP) is 3.74. The molecule has 1 aliphatic heterocycles. The normalized spacial score (nSPS) is 32.1. The van der Waals surface area contributed by atoms with Crippen molar-refractivity contribution in [3.63, 3.8) is 0 Å². The van der Waals surface area contributed by atoms with Crippen molar-refractivity contribution in [1.29, 1.82) is 0 Å². The summed E-state index contributed by atoms with van der Waals surface area (Å²) in [5.74, 6) is 0.873. The molecular weight excluding hydrogens is 170 g/mol. The zero-order chi connectivity index (χ0) is 10.2. The first kappa shape index (κ1) is 12.0. The molecule has 1 nitrogen and oxygen atoms in total. The molecule has 1 saturated heterocycles. The van der Waals surface area contributed by atoms with Gasteiger partial charge in [-0.25, -0.2) is 0 Å². The zero-order valence-corrected chi connectivity index (χ0v) is 10.0. The van der Waals surface area contributed by atoms with Gasteiger partial charge in [0.25, 0.3) is 0 Å². The smallest absolute Gasteiger partial charge is 0.00900 e. The van der Waals surface area contributed by atoms with E-state index >= 15 is 0 Å². The van der Waals surface area contributed by atoms with E-state index in [0.717, 1.165) is 12.0 Å². The summed E-state index contributed by atoms with van der Waals surface area (Å²) in [5, 5.41) is 3.72. The minimum Gasteiger partial charge on any atom is -0.314 e. The van der Waals surface area contributed by atoms with Crippen LogP contribution in [0.1, 0.15) is 65.2 Å². The third-order valence-electron chi connectivity index (χ3n) is 3.62. The number of hydrogen-bond acceptors (Lipinski definition) is 1. The van der Waals surface area contributed by atoms with Crippen molar-refractivity contribution in [1.82, 2.24) is 5.32 Å². The van der Waals surface area contributed by atoms with Crippen LogP contribution >= 0.6 is 0 Å². The van der Waals surface area contributed by atoms with Crippen LogP contribution in [0.3, 0.4) is 0 Å². The Bertz CT molecular complexity index is 133. The molecule has 0 aromatic rings. The van der Waals surface area contributed by atoms with Gasteiger partial charge in [0.15, 0.2) is 0 Å². The Morgan fingerprint density at radius 3 is 2.36 bits per heavy atom. The number of rotatable bonds is 1. The molecule has 1 heteroatoms. The molecule has 14 heavy (non-hydrogen) atoms. The Balaban J connectivity index is 2.33. The van der Waals surface area contributed by atoms with Crippen LogP contribution in [-0.4, -0.2) is 12.6 Å². The van der Waals surface area contributed by atoms with Crippen molar-refractivity contribution in [2.24, 2.45) is 5.92 Å². The average molecular weight is 197 g/mol. The maximum Gasteiger partial charge on any atom is 0.00900 e. The Labute approximate surface area is 89.7 Å². The standard InChI is InChI=1S/C13H27N/c1-3-13-12(2)10-8-6-4-5-7-9-11-14-13/h12-14H,3-11H2,1-2H3. The first-order valence-corrected chi connectivity index (χ1v) is 6.58. The summed E-state index contributed by atoms with van der Waals surface area (Å²) >= 11 is 0. The van der Waals surface area contributed by atoms with E-state index < -0.39 is 0 Å². The first-order valence-electron chi connectivity index (χ1n) is 6.58. The fourth-order valence-corrected chi connectivity index (χ4v) is 2.53. The van der Waals surface area contributed by atoms with E-state index in [0.29, 0.717) is 0 Å². The third kappa shape index (κ3) is 4.45. The fourth-order valence-electron chi connectivity index (χ4n) is 2.53. The minimum absolute atomic E-state index is 0.771. The van der Waals surface area contributed by atoms with Crippen molar-refractivity contribution in [2.45, 2.75) is 71.3 Å². The van der Waals surface area contributed by atoms with E-state index in [9.17, 15) is 0 Å². The molecule has 0 aliphatic carbocycles. The van der Waals surface area contributed by atoms with Crippen LogP contribution < -0.4 is 5.32 Å². The Morgan fingerprint density at radius 2 is 1.64 bits per heavy atom. The van der Waals surface area contributed by atoms with Crippen LogP contribution in [0.2, 0.25) is 0 Å². The molecule has 0 amide bonds. The van der Waals surface area contributed by atoms with Gasteiger partial charge in [-0.15, -0.1) is 0 Å². The second-order valence-electron chi connectivity index (χ2n) is 4.86.